The Labute approximate surface area is 191 Å². The minimum atomic E-state index is -0.564. The van der Waals surface area contributed by atoms with E-state index in [1.807, 2.05) is 20.8 Å². The topological polar surface area (TPSA) is 141 Å². The molecule has 0 aromatic carbocycles. The molecular weight excluding hydrogens is 428 g/mol. The van der Waals surface area contributed by atoms with Crippen LogP contribution in [0.3, 0.4) is 0 Å². The van der Waals surface area contributed by atoms with Gasteiger partial charge in [-0.25, -0.2) is 9.31 Å². The molecule has 0 atom stereocenters. The van der Waals surface area contributed by atoms with Crippen molar-refractivity contribution in [2.75, 3.05) is 13.1 Å². The number of H-pyrrole nitrogens is 1. The molecule has 0 aliphatic carbocycles. The van der Waals surface area contributed by atoms with Gasteiger partial charge in [0.25, 0.3) is 5.56 Å². The van der Waals surface area contributed by atoms with E-state index in [4.69, 9.17) is 4.74 Å². The first kappa shape index (κ1) is 24.0. The van der Waals surface area contributed by atoms with Gasteiger partial charge in [0.2, 0.25) is 5.91 Å². The number of hydrogen-bond acceptors (Lipinski definition) is 7. The quantitative estimate of drug-likeness (QED) is 0.212. The first-order chi connectivity index (χ1) is 15.5. The number of aromatic nitrogens is 3. The van der Waals surface area contributed by atoms with Crippen molar-refractivity contribution in [2.45, 2.75) is 59.0 Å². The minimum absolute atomic E-state index is 0.0176. The number of fused-ring (bicyclic) bond motifs is 1. The maximum Gasteiger partial charge on any atom is 0.410 e. The largest absolute Gasteiger partial charge is 0.444 e. The predicted molar refractivity (Wildman–Crippen MR) is 121 cm³/mol. The average molecular weight is 459 g/mol. The van der Waals surface area contributed by atoms with Gasteiger partial charge >= 0.3 is 6.09 Å². The Morgan fingerprint density at radius 1 is 1.30 bits per heavy atom. The normalized spacial score (nSPS) is 15.4. The van der Waals surface area contributed by atoms with Crippen LogP contribution in [0.5, 0.6) is 0 Å². The summed E-state index contributed by atoms with van der Waals surface area (Å²) in [6.07, 6.45) is 3.69. The van der Waals surface area contributed by atoms with Gasteiger partial charge in [-0.15, -0.1) is 0 Å². The number of allylic oxidation sites excluding steroid dienone is 1. The SMILES string of the molecule is CC(C)=CC(=O)N/C(=N/O)c1cnn2c(C3CCN(C(=O)OC(C)(C)C)CC3)cc(=O)[nH]c12. The van der Waals surface area contributed by atoms with Crippen molar-refractivity contribution < 1.29 is 19.5 Å². The van der Waals surface area contributed by atoms with Crippen molar-refractivity contribution in [3.63, 3.8) is 0 Å². The van der Waals surface area contributed by atoms with E-state index in [2.05, 4.69) is 20.6 Å². The Morgan fingerprint density at radius 3 is 2.55 bits per heavy atom. The number of piperidine rings is 1. The zero-order chi connectivity index (χ0) is 24.3. The first-order valence-electron chi connectivity index (χ1n) is 10.8. The Hall–Kier alpha value is -3.63. The number of ether oxygens (including phenoxy) is 1. The molecule has 33 heavy (non-hydrogen) atoms. The fraction of sp³-hybridized carbons (Fsp3) is 0.500. The van der Waals surface area contributed by atoms with E-state index in [-0.39, 0.29) is 29.0 Å². The van der Waals surface area contributed by atoms with Crippen molar-refractivity contribution in [3.8, 4) is 0 Å². The number of carbonyl (C=O) groups is 2. The van der Waals surface area contributed by atoms with E-state index < -0.39 is 11.5 Å². The van der Waals surface area contributed by atoms with Crippen molar-refractivity contribution in [1.29, 1.82) is 0 Å². The zero-order valence-corrected chi connectivity index (χ0v) is 19.5. The number of rotatable bonds is 3. The first-order valence-corrected chi connectivity index (χ1v) is 10.8. The van der Waals surface area contributed by atoms with Gasteiger partial charge in [0, 0.05) is 31.1 Å². The van der Waals surface area contributed by atoms with Crippen LogP contribution in [0.4, 0.5) is 4.79 Å². The van der Waals surface area contributed by atoms with Crippen LogP contribution in [-0.2, 0) is 9.53 Å². The zero-order valence-electron chi connectivity index (χ0n) is 19.5. The highest BCUT2D eigenvalue weighted by atomic mass is 16.6. The van der Waals surface area contributed by atoms with Crippen LogP contribution in [0, 0.1) is 0 Å². The van der Waals surface area contributed by atoms with Crippen molar-refractivity contribution in [1.82, 2.24) is 24.8 Å². The summed E-state index contributed by atoms with van der Waals surface area (Å²) in [5, 5.41) is 19.5. The summed E-state index contributed by atoms with van der Waals surface area (Å²) in [4.78, 5) is 41.2. The second kappa shape index (κ2) is 9.47. The van der Waals surface area contributed by atoms with Crippen LogP contribution in [0.2, 0.25) is 0 Å². The van der Waals surface area contributed by atoms with E-state index in [0.717, 1.165) is 5.57 Å². The maximum atomic E-state index is 12.4. The lowest BCUT2D eigenvalue weighted by atomic mass is 9.93. The number of amidine groups is 1. The number of nitrogens with zero attached hydrogens (tertiary/aromatic N) is 4. The summed E-state index contributed by atoms with van der Waals surface area (Å²) in [6, 6.07) is 1.48. The summed E-state index contributed by atoms with van der Waals surface area (Å²) in [5.41, 5.74) is 1.12. The number of nitrogens with one attached hydrogen (secondary N) is 2. The predicted octanol–water partition coefficient (Wildman–Crippen LogP) is 2.36. The Balaban J connectivity index is 1.84. The molecule has 2 aromatic heterocycles. The van der Waals surface area contributed by atoms with Crippen LogP contribution in [0.25, 0.3) is 5.65 Å². The van der Waals surface area contributed by atoms with Crippen molar-refractivity contribution in [2.24, 2.45) is 5.16 Å². The fourth-order valence-corrected chi connectivity index (χ4v) is 3.72. The number of likely N-dealkylation sites (tertiary alicyclic amines) is 1. The maximum absolute atomic E-state index is 12.4. The van der Waals surface area contributed by atoms with Crippen LogP contribution in [0.15, 0.2) is 33.9 Å². The lowest BCUT2D eigenvalue weighted by molar-refractivity contribution is -0.115. The van der Waals surface area contributed by atoms with Crippen LogP contribution < -0.4 is 10.9 Å². The lowest BCUT2D eigenvalue weighted by Crippen LogP contribution is -2.41. The van der Waals surface area contributed by atoms with Gasteiger partial charge in [-0.2, -0.15) is 5.10 Å². The molecule has 1 fully saturated rings. The third-order valence-electron chi connectivity index (χ3n) is 5.12. The molecule has 11 nitrogen and oxygen atoms in total. The number of hydrogen-bond donors (Lipinski definition) is 3. The second-order valence-corrected chi connectivity index (χ2v) is 9.28. The Morgan fingerprint density at radius 2 is 1.97 bits per heavy atom. The molecule has 0 unspecified atom stereocenters. The third kappa shape index (κ3) is 5.79. The molecule has 0 radical (unpaired) electrons. The number of carbonyl (C=O) groups excluding carboxylic acids is 2. The molecule has 1 aliphatic heterocycles. The highest BCUT2D eigenvalue weighted by Gasteiger charge is 2.29. The summed E-state index contributed by atoms with van der Waals surface area (Å²) in [6.45, 7) is 9.99. The molecule has 3 N–H and O–H groups in total. The van der Waals surface area contributed by atoms with Gasteiger partial charge in [-0.3, -0.25) is 9.59 Å². The number of aromatic amines is 1. The van der Waals surface area contributed by atoms with Gasteiger partial charge in [0.05, 0.1) is 17.5 Å². The Kier molecular flexibility index (Phi) is 6.89. The molecule has 0 bridgehead atoms. The van der Waals surface area contributed by atoms with Crippen molar-refractivity contribution in [3.05, 3.63) is 45.5 Å². The molecule has 0 saturated carbocycles. The summed E-state index contributed by atoms with van der Waals surface area (Å²) < 4.78 is 7.02. The fourth-order valence-electron chi connectivity index (χ4n) is 3.72. The highest BCUT2D eigenvalue weighted by Crippen LogP contribution is 2.28. The van der Waals surface area contributed by atoms with Gasteiger partial charge < -0.3 is 25.1 Å². The molecule has 2 aromatic rings. The molecule has 0 spiro atoms. The third-order valence-corrected chi connectivity index (χ3v) is 5.12. The summed E-state index contributed by atoms with van der Waals surface area (Å²) in [5.74, 6) is -0.605. The van der Waals surface area contributed by atoms with Gasteiger partial charge in [0.15, 0.2) is 5.84 Å². The van der Waals surface area contributed by atoms with Gasteiger partial charge in [-0.05, 0) is 47.5 Å². The monoisotopic (exact) mass is 458 g/mol. The molecular formula is C22H30N6O5. The van der Waals surface area contributed by atoms with E-state index in [0.29, 0.717) is 37.3 Å². The second-order valence-electron chi connectivity index (χ2n) is 9.28. The summed E-state index contributed by atoms with van der Waals surface area (Å²) >= 11 is 0. The van der Waals surface area contributed by atoms with Crippen LogP contribution in [-0.4, -0.2) is 61.2 Å². The summed E-state index contributed by atoms with van der Waals surface area (Å²) in [7, 11) is 0. The van der Waals surface area contributed by atoms with E-state index in [1.54, 1.807) is 23.3 Å². The van der Waals surface area contributed by atoms with Crippen LogP contribution >= 0.6 is 0 Å². The number of oxime groups is 1. The number of amides is 2. The Bertz CT molecular complexity index is 1160. The molecule has 3 heterocycles. The molecule has 11 heteroatoms. The molecule has 2 amide bonds. The lowest BCUT2D eigenvalue weighted by Gasteiger charge is -2.33. The van der Waals surface area contributed by atoms with Gasteiger partial charge in [-0.1, -0.05) is 10.7 Å². The smallest absolute Gasteiger partial charge is 0.410 e. The van der Waals surface area contributed by atoms with Crippen molar-refractivity contribution >= 4 is 23.5 Å². The molecule has 3 rings (SSSR count). The van der Waals surface area contributed by atoms with Gasteiger partial charge in [0.1, 0.15) is 11.2 Å². The van der Waals surface area contributed by atoms with Crippen LogP contribution in [0.1, 0.15) is 64.6 Å². The molecule has 1 saturated heterocycles. The molecule has 1 aliphatic rings. The standard InChI is InChI=1S/C22H30N6O5/c1-13(2)10-17(29)24-19(26-32)15-12-23-28-16(11-18(30)25-20(15)28)14-6-8-27(9-7-14)21(31)33-22(3,4)5/h10-12,14,32H,6-9H2,1-5H3,(H,25,30)(H,24,26,29). The molecule has 178 valence electrons. The van der Waals surface area contributed by atoms with E-state index in [9.17, 15) is 19.6 Å². The average Bonchev–Trinajstić information content (AvgIpc) is 3.13. The highest BCUT2D eigenvalue weighted by molar-refractivity contribution is 6.13. The van der Waals surface area contributed by atoms with E-state index in [1.165, 1.54) is 18.3 Å². The van der Waals surface area contributed by atoms with E-state index >= 15 is 0 Å². The minimum Gasteiger partial charge on any atom is -0.444 e.